The molecule has 0 atom stereocenters. The van der Waals surface area contributed by atoms with Crippen LogP contribution in [0.15, 0.2) is 18.2 Å². The summed E-state index contributed by atoms with van der Waals surface area (Å²) in [5.41, 5.74) is 1.92. The summed E-state index contributed by atoms with van der Waals surface area (Å²) < 4.78 is 5.75. The minimum atomic E-state index is 0.575. The number of aromatic nitrogens is 1. The minimum absolute atomic E-state index is 0.575. The third kappa shape index (κ3) is 3.66. The number of aryl methyl sites for hydroxylation is 1. The summed E-state index contributed by atoms with van der Waals surface area (Å²) in [6.45, 7) is 4.43. The number of ether oxygens (including phenoxy) is 1. The quantitative estimate of drug-likeness (QED) is 0.700. The van der Waals surface area contributed by atoms with Crippen molar-refractivity contribution in [1.29, 1.82) is 0 Å². The Morgan fingerprint density at radius 3 is 2.65 bits per heavy atom. The van der Waals surface area contributed by atoms with Crippen LogP contribution in [0.1, 0.15) is 25.1 Å². The van der Waals surface area contributed by atoms with Crippen LogP contribution < -0.4 is 4.74 Å². The van der Waals surface area contributed by atoms with Crippen molar-refractivity contribution < 1.29 is 4.74 Å². The molecule has 1 aromatic heterocycles. The molecule has 0 saturated carbocycles. The number of rotatable bonds is 5. The first-order chi connectivity index (χ1) is 9.51. The van der Waals surface area contributed by atoms with Gasteiger partial charge in [0.15, 0.2) is 4.47 Å². The van der Waals surface area contributed by atoms with Crippen molar-refractivity contribution in [2.75, 3.05) is 7.11 Å². The lowest BCUT2D eigenvalue weighted by Crippen LogP contribution is -1.92. The fourth-order valence-electron chi connectivity index (χ4n) is 1.95. The number of hydrogen-bond donors (Lipinski definition) is 0. The Kier molecular flexibility index (Phi) is 5.30. The second-order valence-corrected chi connectivity index (χ2v) is 7.09. The first kappa shape index (κ1) is 15.6. The predicted octanol–water partition coefficient (Wildman–Crippen LogP) is 5.71. The van der Waals surface area contributed by atoms with Crippen molar-refractivity contribution in [1.82, 2.24) is 4.98 Å². The molecule has 20 heavy (non-hydrogen) atoms. The average molecular weight is 330 g/mol. The van der Waals surface area contributed by atoms with Crippen molar-refractivity contribution in [3.8, 4) is 17.0 Å². The van der Waals surface area contributed by atoms with Gasteiger partial charge in [-0.25, -0.2) is 4.98 Å². The van der Waals surface area contributed by atoms with Crippen molar-refractivity contribution >= 4 is 34.5 Å². The molecule has 0 amide bonds. The lowest BCUT2D eigenvalue weighted by atomic mass is 10.0. The number of nitrogens with zero attached hydrogens (tertiary/aromatic N) is 1. The molecule has 0 fully saturated rings. The Balaban J connectivity index is 2.34. The first-order valence-electron chi connectivity index (χ1n) is 6.50. The Labute approximate surface area is 133 Å². The number of benzene rings is 1. The van der Waals surface area contributed by atoms with E-state index < -0.39 is 0 Å². The Hall–Kier alpha value is -0.770. The van der Waals surface area contributed by atoms with Gasteiger partial charge in [0, 0.05) is 10.4 Å². The molecule has 2 rings (SSSR count). The fourth-order valence-corrected chi connectivity index (χ4v) is 3.39. The van der Waals surface area contributed by atoms with Gasteiger partial charge in [0.2, 0.25) is 0 Å². The van der Waals surface area contributed by atoms with Crippen molar-refractivity contribution in [2.24, 2.45) is 5.92 Å². The van der Waals surface area contributed by atoms with Gasteiger partial charge in [-0.3, -0.25) is 0 Å². The summed E-state index contributed by atoms with van der Waals surface area (Å²) in [5.74, 6) is 1.32. The van der Waals surface area contributed by atoms with Gasteiger partial charge < -0.3 is 4.74 Å². The standard InChI is InChI=1S/C15H17Cl2NOS/c1-9(2)4-7-13-14(18-15(17)20-13)10-5-6-12(19-3)11(16)8-10/h5-6,8-9H,4,7H2,1-3H3. The SMILES string of the molecule is COc1ccc(-c2nc(Cl)sc2CCC(C)C)cc1Cl. The van der Waals surface area contributed by atoms with Gasteiger partial charge in [-0.2, -0.15) is 0 Å². The molecular weight excluding hydrogens is 313 g/mol. The highest BCUT2D eigenvalue weighted by Crippen LogP contribution is 2.35. The molecule has 1 aromatic carbocycles. The summed E-state index contributed by atoms with van der Waals surface area (Å²) in [4.78, 5) is 5.65. The summed E-state index contributed by atoms with van der Waals surface area (Å²) in [5, 5.41) is 0.587. The van der Waals surface area contributed by atoms with Gasteiger partial charge >= 0.3 is 0 Å². The third-order valence-corrected chi connectivity index (χ3v) is 4.56. The maximum absolute atomic E-state index is 6.18. The van der Waals surface area contributed by atoms with Crippen LogP contribution in [-0.2, 0) is 6.42 Å². The first-order valence-corrected chi connectivity index (χ1v) is 8.07. The highest BCUT2D eigenvalue weighted by atomic mass is 35.5. The Bertz CT molecular complexity index is 596. The van der Waals surface area contributed by atoms with Gasteiger partial charge in [0.25, 0.3) is 0 Å². The predicted molar refractivity (Wildman–Crippen MR) is 87.3 cm³/mol. The molecule has 0 bridgehead atoms. The van der Waals surface area contributed by atoms with Crippen LogP contribution in [0.25, 0.3) is 11.3 Å². The van der Waals surface area contributed by atoms with Crippen LogP contribution in [-0.4, -0.2) is 12.1 Å². The van der Waals surface area contributed by atoms with E-state index in [9.17, 15) is 0 Å². The normalized spacial score (nSPS) is 11.1. The molecule has 0 radical (unpaired) electrons. The largest absolute Gasteiger partial charge is 0.495 e. The molecule has 2 nitrogen and oxygen atoms in total. The smallest absolute Gasteiger partial charge is 0.184 e. The molecule has 2 aromatic rings. The van der Waals surface area contributed by atoms with Gasteiger partial charge in [0.05, 0.1) is 17.8 Å². The van der Waals surface area contributed by atoms with Gasteiger partial charge in [-0.05, 0) is 37.0 Å². The molecule has 0 saturated heterocycles. The highest BCUT2D eigenvalue weighted by Gasteiger charge is 2.14. The van der Waals surface area contributed by atoms with Crippen LogP contribution in [0.5, 0.6) is 5.75 Å². The van der Waals surface area contributed by atoms with Crippen molar-refractivity contribution in [3.05, 3.63) is 32.6 Å². The van der Waals surface area contributed by atoms with E-state index in [2.05, 4.69) is 18.8 Å². The average Bonchev–Trinajstić information content (AvgIpc) is 2.77. The molecule has 0 aliphatic carbocycles. The second kappa shape index (κ2) is 6.79. The molecule has 0 spiro atoms. The van der Waals surface area contributed by atoms with Crippen LogP contribution in [0.3, 0.4) is 0 Å². The highest BCUT2D eigenvalue weighted by molar-refractivity contribution is 7.16. The molecule has 108 valence electrons. The maximum atomic E-state index is 6.18. The number of thiazole rings is 1. The molecular formula is C15H17Cl2NOS. The zero-order valence-electron chi connectivity index (χ0n) is 11.7. The van der Waals surface area contributed by atoms with Gasteiger partial charge in [-0.15, -0.1) is 11.3 Å². The Morgan fingerprint density at radius 2 is 2.05 bits per heavy atom. The van der Waals surface area contributed by atoms with Crippen molar-refractivity contribution in [3.63, 3.8) is 0 Å². The maximum Gasteiger partial charge on any atom is 0.184 e. The van der Waals surface area contributed by atoms with E-state index in [1.54, 1.807) is 18.4 Å². The molecule has 0 N–H and O–H groups in total. The number of halogens is 2. The summed E-state index contributed by atoms with van der Waals surface area (Å²) >= 11 is 13.8. The van der Waals surface area contributed by atoms with Gasteiger partial charge in [-0.1, -0.05) is 37.0 Å². The van der Waals surface area contributed by atoms with Crippen LogP contribution in [0.4, 0.5) is 0 Å². The van der Waals surface area contributed by atoms with Crippen LogP contribution >= 0.6 is 34.5 Å². The van der Waals surface area contributed by atoms with Crippen molar-refractivity contribution in [2.45, 2.75) is 26.7 Å². The molecule has 1 heterocycles. The minimum Gasteiger partial charge on any atom is -0.495 e. The molecule has 0 aliphatic rings. The summed E-state index contributed by atoms with van der Waals surface area (Å²) in [6.07, 6.45) is 2.11. The van der Waals surface area contributed by atoms with E-state index in [-0.39, 0.29) is 0 Å². The summed E-state index contributed by atoms with van der Waals surface area (Å²) in [7, 11) is 1.61. The van der Waals surface area contributed by atoms with E-state index in [1.165, 1.54) is 4.88 Å². The fraction of sp³-hybridized carbons (Fsp3) is 0.400. The zero-order chi connectivity index (χ0) is 14.7. The molecule has 0 aliphatic heterocycles. The second-order valence-electron chi connectivity index (χ2n) is 5.02. The van der Waals surface area contributed by atoms with Crippen LogP contribution in [0, 0.1) is 5.92 Å². The number of hydrogen-bond acceptors (Lipinski definition) is 3. The Morgan fingerprint density at radius 1 is 1.30 bits per heavy atom. The monoisotopic (exact) mass is 329 g/mol. The molecule has 5 heteroatoms. The van der Waals surface area contributed by atoms with E-state index in [1.807, 2.05) is 18.2 Å². The van der Waals surface area contributed by atoms with E-state index in [4.69, 9.17) is 27.9 Å². The lowest BCUT2D eigenvalue weighted by Gasteiger charge is -2.07. The zero-order valence-corrected chi connectivity index (χ0v) is 14.1. The van der Waals surface area contributed by atoms with E-state index in [0.717, 1.165) is 24.1 Å². The van der Waals surface area contributed by atoms with Crippen LogP contribution in [0.2, 0.25) is 9.49 Å². The molecule has 0 unspecified atom stereocenters. The number of methoxy groups -OCH3 is 1. The van der Waals surface area contributed by atoms with Gasteiger partial charge in [0.1, 0.15) is 5.75 Å². The third-order valence-electron chi connectivity index (χ3n) is 3.05. The topological polar surface area (TPSA) is 22.1 Å². The van der Waals surface area contributed by atoms with E-state index in [0.29, 0.717) is 21.2 Å². The van der Waals surface area contributed by atoms with E-state index >= 15 is 0 Å². The summed E-state index contributed by atoms with van der Waals surface area (Å²) in [6, 6.07) is 5.71. The lowest BCUT2D eigenvalue weighted by molar-refractivity contribution is 0.415.